The van der Waals surface area contributed by atoms with Gasteiger partial charge in [0.15, 0.2) is 0 Å². The Bertz CT molecular complexity index is 1300. The summed E-state index contributed by atoms with van der Waals surface area (Å²) in [6, 6.07) is 21.1. The quantitative estimate of drug-likeness (QED) is 0.178. The van der Waals surface area contributed by atoms with E-state index >= 15 is 0 Å². The second kappa shape index (κ2) is 11.1. The van der Waals surface area contributed by atoms with Crippen LogP contribution >= 0.6 is 0 Å². The Morgan fingerprint density at radius 1 is 0.513 bits per heavy atom. The first kappa shape index (κ1) is 28.1. The van der Waals surface area contributed by atoms with E-state index in [9.17, 15) is 26.3 Å². The third-order valence-corrected chi connectivity index (χ3v) is 7.54. The minimum atomic E-state index is -5.72. The van der Waals surface area contributed by atoms with Gasteiger partial charge in [-0.15, -0.1) is 0 Å². The second-order valence-electron chi connectivity index (χ2n) is 8.45. The van der Waals surface area contributed by atoms with Crippen LogP contribution < -0.4 is 30.7 Å². The van der Waals surface area contributed by atoms with Crippen LogP contribution in [0.4, 0.5) is 37.7 Å². The molecule has 0 saturated carbocycles. The van der Waals surface area contributed by atoms with Crippen molar-refractivity contribution in [3.05, 3.63) is 108 Å². The third-order valence-electron chi connectivity index (χ3n) is 5.78. The van der Waals surface area contributed by atoms with Crippen molar-refractivity contribution in [3.8, 4) is 11.5 Å². The number of halogens is 6. The Kier molecular flexibility index (Phi) is 7.97. The summed E-state index contributed by atoms with van der Waals surface area (Å²) < 4.78 is 99.2. The van der Waals surface area contributed by atoms with Crippen molar-refractivity contribution in [2.75, 3.05) is 11.5 Å². The Morgan fingerprint density at radius 2 is 0.872 bits per heavy atom. The predicted octanol–water partition coefficient (Wildman–Crippen LogP) is 4.91. The predicted molar refractivity (Wildman–Crippen MR) is 140 cm³/mol. The van der Waals surface area contributed by atoms with E-state index in [1.165, 1.54) is 12.1 Å². The molecule has 200 valence electrons. The van der Waals surface area contributed by atoms with Gasteiger partial charge in [0.25, 0.3) is 0 Å². The molecule has 4 N–H and O–H groups in total. The fourth-order valence-electron chi connectivity index (χ4n) is 3.92. The van der Waals surface area contributed by atoms with Gasteiger partial charge in [-0.1, -0.05) is 48.5 Å². The minimum Gasteiger partial charge on any atom is -0.536 e. The van der Waals surface area contributed by atoms with Crippen LogP contribution in [0.3, 0.4) is 0 Å². The Balaban J connectivity index is 1.72. The Labute approximate surface area is 225 Å². The van der Waals surface area contributed by atoms with Crippen molar-refractivity contribution < 1.29 is 35.2 Å². The summed E-state index contributed by atoms with van der Waals surface area (Å²) in [4.78, 5) is 0. The first-order valence-electron chi connectivity index (χ1n) is 11.3. The lowest BCUT2D eigenvalue weighted by Crippen LogP contribution is -2.55. The number of rotatable bonds is 8. The average Bonchev–Trinajstić information content (AvgIpc) is 2.87. The molecule has 0 aliphatic rings. The van der Waals surface area contributed by atoms with Gasteiger partial charge in [0.2, 0.25) is 5.41 Å². The smallest absolute Gasteiger partial charge is 0.411 e. The van der Waals surface area contributed by atoms with Gasteiger partial charge in [-0.05, 0) is 70.0 Å². The van der Waals surface area contributed by atoms with Crippen LogP contribution in [0.15, 0.2) is 97.1 Å². The number of hydrogen-bond donors (Lipinski definition) is 2. The molecule has 39 heavy (non-hydrogen) atoms. The molecule has 4 rings (SSSR count). The molecular formula is C27H20F6N2O2Si2. The van der Waals surface area contributed by atoms with Crippen LogP contribution in [0.25, 0.3) is 0 Å². The van der Waals surface area contributed by atoms with Crippen molar-refractivity contribution >= 4 is 41.3 Å². The van der Waals surface area contributed by atoms with E-state index < -0.39 is 48.4 Å². The van der Waals surface area contributed by atoms with Crippen molar-refractivity contribution in [1.82, 2.24) is 0 Å². The van der Waals surface area contributed by atoms with Crippen LogP contribution in [-0.2, 0) is 5.41 Å². The first-order chi connectivity index (χ1) is 18.4. The SMILES string of the molecule is Nc1ccc(O[Si]c2cccc(C(c3cccc([Si]Oc4ccc(N)cc4)c3)(C(F)(F)F)C(F)(F)F)c2)cc1. The minimum absolute atomic E-state index is 0.159. The number of nitrogen functional groups attached to an aromatic ring is 2. The van der Waals surface area contributed by atoms with Crippen LogP contribution in [0, 0.1) is 0 Å². The number of anilines is 2. The van der Waals surface area contributed by atoms with E-state index in [-0.39, 0.29) is 10.4 Å². The molecule has 0 aromatic heterocycles. The molecule has 0 saturated heterocycles. The molecule has 0 unspecified atom stereocenters. The summed E-state index contributed by atoms with van der Waals surface area (Å²) in [5.74, 6) is 0.751. The molecule has 4 aromatic rings. The third kappa shape index (κ3) is 6.06. The molecule has 0 aliphatic heterocycles. The number of hydrogen-bond acceptors (Lipinski definition) is 4. The zero-order valence-electron chi connectivity index (χ0n) is 20.0. The Hall–Kier alpha value is -3.91. The fraction of sp³-hybridized carbons (Fsp3) is 0.111. The normalized spacial score (nSPS) is 12.3. The van der Waals surface area contributed by atoms with Crippen LogP contribution in [0.5, 0.6) is 11.5 Å². The van der Waals surface area contributed by atoms with Crippen molar-refractivity contribution in [2.24, 2.45) is 0 Å². The Morgan fingerprint density at radius 3 is 1.21 bits per heavy atom. The lowest BCUT2D eigenvalue weighted by Gasteiger charge is -2.38. The lowest BCUT2D eigenvalue weighted by atomic mass is 9.73. The van der Waals surface area contributed by atoms with Crippen LogP contribution in [-0.4, -0.2) is 31.9 Å². The van der Waals surface area contributed by atoms with Gasteiger partial charge in [-0.2, -0.15) is 26.3 Å². The largest absolute Gasteiger partial charge is 0.536 e. The molecule has 4 aromatic carbocycles. The maximum Gasteiger partial charge on any atom is 0.411 e. The van der Waals surface area contributed by atoms with E-state index in [0.29, 0.717) is 22.9 Å². The van der Waals surface area contributed by atoms with E-state index in [1.807, 2.05) is 0 Å². The number of alkyl halides is 6. The van der Waals surface area contributed by atoms with Gasteiger partial charge >= 0.3 is 31.9 Å². The molecular weight excluding hydrogens is 554 g/mol. The zero-order chi connectivity index (χ0) is 28.3. The maximum absolute atomic E-state index is 14.7. The number of benzene rings is 4. The summed E-state index contributed by atoms with van der Waals surface area (Å²) in [7, 11) is -1.09. The second-order valence-corrected chi connectivity index (χ2v) is 10.4. The van der Waals surface area contributed by atoms with Gasteiger partial charge in [0.1, 0.15) is 11.5 Å². The highest BCUT2D eigenvalue weighted by Gasteiger charge is 2.72. The summed E-state index contributed by atoms with van der Waals surface area (Å²) in [5, 5.41) is 0.318. The van der Waals surface area contributed by atoms with Gasteiger partial charge < -0.3 is 20.3 Å². The summed E-state index contributed by atoms with van der Waals surface area (Å²) in [5.41, 5.74) is 5.99. The monoisotopic (exact) mass is 574 g/mol. The maximum atomic E-state index is 14.7. The molecule has 0 heterocycles. The molecule has 0 atom stereocenters. The van der Waals surface area contributed by atoms with E-state index in [2.05, 4.69) is 0 Å². The van der Waals surface area contributed by atoms with E-state index in [0.717, 1.165) is 36.4 Å². The average molecular weight is 575 g/mol. The standard InChI is InChI=1S/C27H20F6N2O2Si2/c28-26(29,30)25(27(31,32)33,17-3-1-5-23(15-17)38-36-21-11-7-19(34)8-12-21)18-4-2-6-24(16-18)39-37-22-13-9-20(35)10-14-22/h1-16H,34-35H2. The first-order valence-corrected chi connectivity index (χ1v) is 13.1. The van der Waals surface area contributed by atoms with Crippen LogP contribution in [0.2, 0.25) is 0 Å². The van der Waals surface area contributed by atoms with Gasteiger partial charge in [-0.3, -0.25) is 0 Å². The van der Waals surface area contributed by atoms with Crippen LogP contribution in [0.1, 0.15) is 11.1 Å². The van der Waals surface area contributed by atoms with Crippen molar-refractivity contribution in [2.45, 2.75) is 17.8 Å². The van der Waals surface area contributed by atoms with E-state index in [4.69, 9.17) is 20.3 Å². The topological polar surface area (TPSA) is 70.5 Å². The molecule has 0 fully saturated rings. The molecule has 0 amide bonds. The highest BCUT2D eigenvalue weighted by Crippen LogP contribution is 2.55. The highest BCUT2D eigenvalue weighted by molar-refractivity contribution is 6.48. The van der Waals surface area contributed by atoms with Crippen molar-refractivity contribution in [1.29, 1.82) is 0 Å². The number of nitrogens with two attached hydrogens (primary N) is 2. The van der Waals surface area contributed by atoms with E-state index in [1.54, 1.807) is 48.5 Å². The van der Waals surface area contributed by atoms with Gasteiger partial charge in [0, 0.05) is 11.4 Å². The summed E-state index contributed by atoms with van der Waals surface area (Å²) in [6.07, 6.45) is -11.4. The molecule has 0 spiro atoms. The fourth-order valence-corrected chi connectivity index (χ4v) is 5.42. The summed E-state index contributed by atoms with van der Waals surface area (Å²) >= 11 is 0. The molecule has 0 aliphatic carbocycles. The highest BCUT2D eigenvalue weighted by atomic mass is 28.2. The molecule has 0 bridgehead atoms. The van der Waals surface area contributed by atoms with Gasteiger partial charge in [0.05, 0.1) is 0 Å². The zero-order valence-corrected chi connectivity index (χ0v) is 22.0. The lowest BCUT2D eigenvalue weighted by molar-refractivity contribution is -0.288. The molecule has 12 heteroatoms. The molecule has 4 radical (unpaired) electrons. The van der Waals surface area contributed by atoms with Crippen molar-refractivity contribution in [3.63, 3.8) is 0 Å². The summed E-state index contributed by atoms with van der Waals surface area (Å²) in [6.45, 7) is 0. The molecule has 4 nitrogen and oxygen atoms in total. The van der Waals surface area contributed by atoms with Gasteiger partial charge in [-0.25, -0.2) is 0 Å².